The SMILES string of the molecule is Fc1ccccc1C1c2ccccc2CCN1c1cccc(C(F)(F)F)c1. The predicted octanol–water partition coefficient (Wildman–Crippen LogP) is 6.00. The van der Waals surface area contributed by atoms with Gasteiger partial charge < -0.3 is 4.90 Å². The molecule has 1 aliphatic heterocycles. The standard InChI is InChI=1S/C22H17F4N/c23-20-11-4-3-10-19(20)21-18-9-2-1-6-15(18)12-13-27(21)17-8-5-7-16(14-17)22(24,25)26/h1-11,14,21H,12-13H2. The van der Waals surface area contributed by atoms with E-state index in [1.54, 1.807) is 24.3 Å². The molecule has 138 valence electrons. The third kappa shape index (κ3) is 3.29. The van der Waals surface area contributed by atoms with Crippen LogP contribution in [0, 0.1) is 5.82 Å². The van der Waals surface area contributed by atoms with E-state index < -0.39 is 17.8 Å². The lowest BCUT2D eigenvalue weighted by atomic mass is 9.87. The molecule has 1 aliphatic rings. The van der Waals surface area contributed by atoms with Crippen molar-refractivity contribution in [3.8, 4) is 0 Å². The van der Waals surface area contributed by atoms with Crippen molar-refractivity contribution in [1.82, 2.24) is 0 Å². The molecule has 0 spiro atoms. The first-order valence-electron chi connectivity index (χ1n) is 8.71. The maximum Gasteiger partial charge on any atom is 0.416 e. The van der Waals surface area contributed by atoms with Crippen LogP contribution in [0.5, 0.6) is 0 Å². The summed E-state index contributed by atoms with van der Waals surface area (Å²) in [7, 11) is 0. The van der Waals surface area contributed by atoms with Crippen LogP contribution in [0.4, 0.5) is 23.2 Å². The monoisotopic (exact) mass is 371 g/mol. The number of rotatable bonds is 2. The molecule has 3 aromatic carbocycles. The Kier molecular flexibility index (Phi) is 4.38. The number of anilines is 1. The van der Waals surface area contributed by atoms with Crippen LogP contribution in [0.1, 0.15) is 28.3 Å². The maximum atomic E-state index is 14.6. The maximum absolute atomic E-state index is 14.6. The van der Waals surface area contributed by atoms with E-state index in [0.29, 0.717) is 24.2 Å². The summed E-state index contributed by atoms with van der Waals surface area (Å²) in [6, 6.07) is 18.9. The number of alkyl halides is 3. The molecule has 0 fully saturated rings. The highest BCUT2D eigenvalue weighted by Crippen LogP contribution is 2.40. The van der Waals surface area contributed by atoms with Crippen LogP contribution in [-0.2, 0) is 12.6 Å². The lowest BCUT2D eigenvalue weighted by molar-refractivity contribution is -0.137. The summed E-state index contributed by atoms with van der Waals surface area (Å²) in [5.74, 6) is -0.365. The van der Waals surface area contributed by atoms with E-state index in [1.807, 2.05) is 29.2 Å². The molecule has 27 heavy (non-hydrogen) atoms. The van der Waals surface area contributed by atoms with Gasteiger partial charge in [-0.25, -0.2) is 4.39 Å². The summed E-state index contributed by atoms with van der Waals surface area (Å²) in [5.41, 5.74) is 2.21. The van der Waals surface area contributed by atoms with Gasteiger partial charge in [0.2, 0.25) is 0 Å². The molecule has 1 unspecified atom stereocenters. The molecule has 1 atom stereocenters. The van der Waals surface area contributed by atoms with Crippen LogP contribution >= 0.6 is 0 Å². The fourth-order valence-corrected chi connectivity index (χ4v) is 3.74. The van der Waals surface area contributed by atoms with Gasteiger partial charge in [0.15, 0.2) is 0 Å². The minimum Gasteiger partial charge on any atom is -0.360 e. The molecule has 0 aromatic heterocycles. The van der Waals surface area contributed by atoms with Gasteiger partial charge in [-0.1, -0.05) is 48.5 Å². The van der Waals surface area contributed by atoms with E-state index in [4.69, 9.17) is 0 Å². The Hall–Kier alpha value is -2.82. The highest BCUT2D eigenvalue weighted by Gasteiger charge is 2.34. The zero-order valence-corrected chi connectivity index (χ0v) is 14.4. The van der Waals surface area contributed by atoms with E-state index in [0.717, 1.165) is 23.3 Å². The van der Waals surface area contributed by atoms with Gasteiger partial charge in [-0.05, 0) is 41.8 Å². The van der Waals surface area contributed by atoms with Crippen molar-refractivity contribution < 1.29 is 17.6 Å². The van der Waals surface area contributed by atoms with Gasteiger partial charge in [0, 0.05) is 17.8 Å². The molecule has 0 radical (unpaired) electrons. The Morgan fingerprint density at radius 1 is 0.815 bits per heavy atom. The number of fused-ring (bicyclic) bond motifs is 1. The van der Waals surface area contributed by atoms with E-state index in [9.17, 15) is 17.6 Å². The Balaban J connectivity index is 1.86. The van der Waals surface area contributed by atoms with Crippen LogP contribution in [0.25, 0.3) is 0 Å². The summed E-state index contributed by atoms with van der Waals surface area (Å²) in [6.45, 7) is 0.511. The van der Waals surface area contributed by atoms with Crippen molar-refractivity contribution in [1.29, 1.82) is 0 Å². The molecular weight excluding hydrogens is 354 g/mol. The largest absolute Gasteiger partial charge is 0.416 e. The van der Waals surface area contributed by atoms with Gasteiger partial charge in [0.05, 0.1) is 11.6 Å². The van der Waals surface area contributed by atoms with E-state index in [-0.39, 0.29) is 5.82 Å². The van der Waals surface area contributed by atoms with E-state index in [2.05, 4.69) is 0 Å². The third-order valence-electron chi connectivity index (χ3n) is 4.99. The zero-order valence-electron chi connectivity index (χ0n) is 14.4. The summed E-state index contributed by atoms with van der Waals surface area (Å²) in [4.78, 5) is 1.86. The van der Waals surface area contributed by atoms with Crippen LogP contribution in [0.15, 0.2) is 72.8 Å². The number of hydrogen-bond donors (Lipinski definition) is 0. The minimum absolute atomic E-state index is 0.365. The first-order chi connectivity index (χ1) is 12.9. The number of halogens is 4. The van der Waals surface area contributed by atoms with Crippen molar-refractivity contribution in [3.05, 3.63) is 101 Å². The van der Waals surface area contributed by atoms with Gasteiger partial charge >= 0.3 is 6.18 Å². The van der Waals surface area contributed by atoms with Crippen molar-refractivity contribution in [2.24, 2.45) is 0 Å². The Morgan fingerprint density at radius 2 is 1.52 bits per heavy atom. The molecule has 0 saturated heterocycles. The fraction of sp³-hybridized carbons (Fsp3) is 0.182. The van der Waals surface area contributed by atoms with Gasteiger partial charge in [-0.2, -0.15) is 13.2 Å². The van der Waals surface area contributed by atoms with Crippen LogP contribution in [0.2, 0.25) is 0 Å². The molecule has 1 heterocycles. The van der Waals surface area contributed by atoms with Crippen molar-refractivity contribution in [2.75, 3.05) is 11.4 Å². The Bertz CT molecular complexity index is 964. The van der Waals surface area contributed by atoms with Gasteiger partial charge in [0.25, 0.3) is 0 Å². The molecule has 5 heteroatoms. The lowest BCUT2D eigenvalue weighted by Gasteiger charge is -2.39. The molecule has 0 amide bonds. The second-order valence-corrected chi connectivity index (χ2v) is 6.61. The second kappa shape index (κ2) is 6.72. The average Bonchev–Trinajstić information content (AvgIpc) is 2.67. The van der Waals surface area contributed by atoms with Crippen molar-refractivity contribution >= 4 is 5.69 Å². The molecule has 0 bridgehead atoms. The molecule has 0 N–H and O–H groups in total. The highest BCUT2D eigenvalue weighted by atomic mass is 19.4. The van der Waals surface area contributed by atoms with E-state index >= 15 is 0 Å². The average molecular weight is 371 g/mol. The van der Waals surface area contributed by atoms with Gasteiger partial charge in [-0.15, -0.1) is 0 Å². The first kappa shape index (κ1) is 17.6. The van der Waals surface area contributed by atoms with Crippen LogP contribution in [0.3, 0.4) is 0 Å². The highest BCUT2D eigenvalue weighted by molar-refractivity contribution is 5.57. The summed E-state index contributed by atoms with van der Waals surface area (Å²) >= 11 is 0. The quantitative estimate of drug-likeness (QED) is 0.500. The Morgan fingerprint density at radius 3 is 2.26 bits per heavy atom. The topological polar surface area (TPSA) is 3.24 Å². The normalized spacial score (nSPS) is 16.9. The summed E-state index contributed by atoms with van der Waals surface area (Å²) < 4.78 is 54.2. The molecule has 3 aromatic rings. The van der Waals surface area contributed by atoms with Gasteiger partial charge in [-0.3, -0.25) is 0 Å². The summed E-state index contributed by atoms with van der Waals surface area (Å²) in [5, 5.41) is 0. The summed E-state index contributed by atoms with van der Waals surface area (Å²) in [6.07, 6.45) is -3.73. The smallest absolute Gasteiger partial charge is 0.360 e. The van der Waals surface area contributed by atoms with Crippen molar-refractivity contribution in [3.63, 3.8) is 0 Å². The number of benzene rings is 3. The number of nitrogens with zero attached hydrogens (tertiary/aromatic N) is 1. The zero-order chi connectivity index (χ0) is 19.0. The minimum atomic E-state index is -4.42. The number of hydrogen-bond acceptors (Lipinski definition) is 1. The molecular formula is C22H17F4N. The lowest BCUT2D eigenvalue weighted by Crippen LogP contribution is -2.36. The molecule has 4 rings (SSSR count). The fourth-order valence-electron chi connectivity index (χ4n) is 3.74. The molecule has 0 aliphatic carbocycles. The molecule has 1 nitrogen and oxygen atoms in total. The van der Waals surface area contributed by atoms with Crippen LogP contribution < -0.4 is 4.90 Å². The molecule has 0 saturated carbocycles. The second-order valence-electron chi connectivity index (χ2n) is 6.61. The van der Waals surface area contributed by atoms with E-state index in [1.165, 1.54) is 12.1 Å². The van der Waals surface area contributed by atoms with Crippen molar-refractivity contribution in [2.45, 2.75) is 18.6 Å². The third-order valence-corrected chi connectivity index (χ3v) is 4.99. The first-order valence-corrected chi connectivity index (χ1v) is 8.71. The predicted molar refractivity (Wildman–Crippen MR) is 97.2 cm³/mol. The van der Waals surface area contributed by atoms with Gasteiger partial charge in [0.1, 0.15) is 5.82 Å². The van der Waals surface area contributed by atoms with Crippen LogP contribution in [-0.4, -0.2) is 6.54 Å². The Labute approximate surface area is 154 Å².